The van der Waals surface area contributed by atoms with Crippen LogP contribution in [0.25, 0.3) is 0 Å². The molecule has 0 aliphatic carbocycles. The number of rotatable bonds is 2. The molecular formula is C7H6N2O2. The lowest BCUT2D eigenvalue weighted by molar-refractivity contribution is 0.106. The Bertz CT molecular complexity index is 269. The van der Waals surface area contributed by atoms with Gasteiger partial charge in [-0.1, -0.05) is 5.16 Å². The zero-order valence-electron chi connectivity index (χ0n) is 5.64. The van der Waals surface area contributed by atoms with E-state index in [2.05, 4.69) is 10.1 Å². The third-order valence-corrected chi connectivity index (χ3v) is 1.12. The standard InChI is InChI=1S/C7H6N2O2/c10-7(5-9-11)6-2-1-3-8-4-6/h1-5,11H. The van der Waals surface area contributed by atoms with Gasteiger partial charge in [-0.05, 0) is 12.1 Å². The van der Waals surface area contributed by atoms with Crippen LogP contribution in [0.15, 0.2) is 29.7 Å². The maximum atomic E-state index is 10.9. The van der Waals surface area contributed by atoms with Gasteiger partial charge in [-0.15, -0.1) is 0 Å². The van der Waals surface area contributed by atoms with Gasteiger partial charge >= 0.3 is 0 Å². The average molecular weight is 150 g/mol. The smallest absolute Gasteiger partial charge is 0.208 e. The van der Waals surface area contributed by atoms with Gasteiger partial charge in [0.2, 0.25) is 5.78 Å². The average Bonchev–Trinajstić information content (AvgIpc) is 2.07. The zero-order valence-corrected chi connectivity index (χ0v) is 5.64. The van der Waals surface area contributed by atoms with Crippen LogP contribution in [0.4, 0.5) is 0 Å². The number of hydrogen-bond acceptors (Lipinski definition) is 4. The molecule has 1 aromatic heterocycles. The van der Waals surface area contributed by atoms with E-state index in [1.165, 1.54) is 6.20 Å². The SMILES string of the molecule is O=C(C=NO)c1cccnc1. The molecule has 0 fully saturated rings. The predicted molar refractivity (Wildman–Crippen MR) is 38.8 cm³/mol. The number of aromatic nitrogens is 1. The van der Waals surface area contributed by atoms with Crippen molar-refractivity contribution in [2.45, 2.75) is 0 Å². The maximum Gasteiger partial charge on any atom is 0.208 e. The number of carbonyl (C=O) groups is 1. The van der Waals surface area contributed by atoms with Crippen LogP contribution in [0.5, 0.6) is 0 Å². The minimum Gasteiger partial charge on any atom is -0.411 e. The quantitative estimate of drug-likeness (QED) is 0.292. The van der Waals surface area contributed by atoms with Gasteiger partial charge in [0.25, 0.3) is 0 Å². The number of ketones is 1. The summed E-state index contributed by atoms with van der Waals surface area (Å²) in [6.07, 6.45) is 3.80. The van der Waals surface area contributed by atoms with Crippen molar-refractivity contribution in [3.8, 4) is 0 Å². The fraction of sp³-hybridized carbons (Fsp3) is 0. The van der Waals surface area contributed by atoms with Crippen LogP contribution in [0.3, 0.4) is 0 Å². The molecule has 0 atom stereocenters. The fourth-order valence-electron chi connectivity index (χ4n) is 0.635. The summed E-state index contributed by atoms with van der Waals surface area (Å²) in [5.74, 6) is -0.361. The van der Waals surface area contributed by atoms with Crippen LogP contribution < -0.4 is 0 Å². The lowest BCUT2D eigenvalue weighted by atomic mass is 10.2. The molecule has 56 valence electrons. The molecule has 0 radical (unpaired) electrons. The molecule has 0 aromatic carbocycles. The van der Waals surface area contributed by atoms with Gasteiger partial charge < -0.3 is 5.21 Å². The van der Waals surface area contributed by atoms with Crippen LogP contribution >= 0.6 is 0 Å². The topological polar surface area (TPSA) is 62.5 Å². The van der Waals surface area contributed by atoms with Crippen LogP contribution in [0, 0.1) is 0 Å². The molecule has 1 N–H and O–H groups in total. The number of nitrogens with zero attached hydrogens (tertiary/aromatic N) is 2. The molecule has 1 rings (SSSR count). The summed E-state index contributed by atoms with van der Waals surface area (Å²) in [5.41, 5.74) is 0.408. The van der Waals surface area contributed by atoms with Crippen molar-refractivity contribution in [3.05, 3.63) is 30.1 Å². The van der Waals surface area contributed by atoms with Crippen molar-refractivity contribution in [3.63, 3.8) is 0 Å². The Hall–Kier alpha value is -1.71. The Balaban J connectivity index is 2.86. The van der Waals surface area contributed by atoms with E-state index in [1.807, 2.05) is 0 Å². The Morgan fingerprint density at radius 3 is 3.09 bits per heavy atom. The number of Topliss-reactive ketones (excluding diaryl/α,β-unsaturated/α-hetero) is 1. The van der Waals surface area contributed by atoms with Gasteiger partial charge in [0.15, 0.2) is 0 Å². The van der Waals surface area contributed by atoms with E-state index in [-0.39, 0.29) is 5.78 Å². The summed E-state index contributed by atoms with van der Waals surface area (Å²) in [6.45, 7) is 0. The van der Waals surface area contributed by atoms with Gasteiger partial charge in [-0.3, -0.25) is 9.78 Å². The second-order valence-electron chi connectivity index (χ2n) is 1.85. The molecular weight excluding hydrogens is 144 g/mol. The Morgan fingerprint density at radius 1 is 1.73 bits per heavy atom. The van der Waals surface area contributed by atoms with E-state index in [0.717, 1.165) is 6.21 Å². The number of hydrogen-bond donors (Lipinski definition) is 1. The van der Waals surface area contributed by atoms with Crippen LogP contribution in [0.2, 0.25) is 0 Å². The molecule has 0 amide bonds. The first kappa shape index (κ1) is 7.40. The number of carbonyl (C=O) groups excluding carboxylic acids is 1. The minimum absolute atomic E-state index is 0.361. The number of oxime groups is 1. The van der Waals surface area contributed by atoms with E-state index in [0.29, 0.717) is 5.56 Å². The lowest BCUT2D eigenvalue weighted by Crippen LogP contribution is -1.99. The maximum absolute atomic E-state index is 10.9. The van der Waals surface area contributed by atoms with Crippen LogP contribution in [0.1, 0.15) is 10.4 Å². The first-order valence-corrected chi connectivity index (χ1v) is 2.96. The second-order valence-corrected chi connectivity index (χ2v) is 1.85. The van der Waals surface area contributed by atoms with Gasteiger partial charge in [0.1, 0.15) is 6.21 Å². The fourth-order valence-corrected chi connectivity index (χ4v) is 0.635. The van der Waals surface area contributed by atoms with Crippen molar-refractivity contribution >= 4 is 12.0 Å². The lowest BCUT2D eigenvalue weighted by Gasteiger charge is -1.89. The Kier molecular flexibility index (Phi) is 2.32. The molecule has 0 aliphatic heterocycles. The summed E-state index contributed by atoms with van der Waals surface area (Å²) in [4.78, 5) is 14.6. The van der Waals surface area contributed by atoms with Crippen molar-refractivity contribution in [1.82, 2.24) is 4.98 Å². The second kappa shape index (κ2) is 3.46. The van der Waals surface area contributed by atoms with Crippen LogP contribution in [-0.4, -0.2) is 22.2 Å². The normalized spacial score (nSPS) is 10.2. The third-order valence-electron chi connectivity index (χ3n) is 1.12. The van der Waals surface area contributed by atoms with Crippen LogP contribution in [-0.2, 0) is 0 Å². The molecule has 4 nitrogen and oxygen atoms in total. The predicted octanol–water partition coefficient (Wildman–Crippen LogP) is 0.724. The minimum atomic E-state index is -0.361. The molecule has 1 heterocycles. The van der Waals surface area contributed by atoms with Gasteiger partial charge in [0.05, 0.1) is 0 Å². The highest BCUT2D eigenvalue weighted by Crippen LogP contribution is 1.94. The summed E-state index contributed by atoms with van der Waals surface area (Å²) in [5, 5.41) is 10.6. The van der Waals surface area contributed by atoms with Crippen molar-refractivity contribution in [1.29, 1.82) is 0 Å². The van der Waals surface area contributed by atoms with E-state index in [4.69, 9.17) is 5.21 Å². The molecule has 0 unspecified atom stereocenters. The molecule has 0 saturated heterocycles. The Morgan fingerprint density at radius 2 is 2.55 bits per heavy atom. The molecule has 0 spiro atoms. The molecule has 1 aromatic rings. The third kappa shape index (κ3) is 1.86. The van der Waals surface area contributed by atoms with E-state index in [1.54, 1.807) is 18.3 Å². The van der Waals surface area contributed by atoms with Gasteiger partial charge in [0, 0.05) is 18.0 Å². The zero-order chi connectivity index (χ0) is 8.10. The molecule has 11 heavy (non-hydrogen) atoms. The largest absolute Gasteiger partial charge is 0.411 e. The van der Waals surface area contributed by atoms with E-state index >= 15 is 0 Å². The molecule has 0 aliphatic rings. The summed E-state index contributed by atoms with van der Waals surface area (Å²) in [6, 6.07) is 3.23. The van der Waals surface area contributed by atoms with Gasteiger partial charge in [-0.25, -0.2) is 0 Å². The molecule has 0 bridgehead atoms. The monoisotopic (exact) mass is 150 g/mol. The van der Waals surface area contributed by atoms with Crippen molar-refractivity contribution in [2.24, 2.45) is 5.16 Å². The van der Waals surface area contributed by atoms with Gasteiger partial charge in [-0.2, -0.15) is 0 Å². The Labute approximate surface area is 63.2 Å². The highest BCUT2D eigenvalue weighted by atomic mass is 16.4. The van der Waals surface area contributed by atoms with Crippen molar-refractivity contribution < 1.29 is 10.0 Å². The number of pyridine rings is 1. The first-order chi connectivity index (χ1) is 5.34. The van der Waals surface area contributed by atoms with E-state index < -0.39 is 0 Å². The summed E-state index contributed by atoms with van der Waals surface area (Å²) >= 11 is 0. The highest BCUT2D eigenvalue weighted by Gasteiger charge is 1.99. The summed E-state index contributed by atoms with van der Waals surface area (Å²) < 4.78 is 0. The van der Waals surface area contributed by atoms with E-state index in [9.17, 15) is 4.79 Å². The molecule has 0 saturated carbocycles. The first-order valence-electron chi connectivity index (χ1n) is 2.96. The summed E-state index contributed by atoms with van der Waals surface area (Å²) in [7, 11) is 0. The van der Waals surface area contributed by atoms with Crippen molar-refractivity contribution in [2.75, 3.05) is 0 Å². The molecule has 4 heteroatoms. The highest BCUT2D eigenvalue weighted by molar-refractivity contribution is 6.35.